The van der Waals surface area contributed by atoms with Crippen molar-refractivity contribution in [3.8, 4) is 5.75 Å². The van der Waals surface area contributed by atoms with Crippen molar-refractivity contribution in [2.75, 3.05) is 11.8 Å². The number of nitrogens with one attached hydrogen (secondary N) is 1. The van der Waals surface area contributed by atoms with Crippen molar-refractivity contribution in [2.45, 2.75) is 6.92 Å². The highest BCUT2D eigenvalue weighted by Gasteiger charge is 2.09. The van der Waals surface area contributed by atoms with E-state index in [0.717, 1.165) is 5.56 Å². The number of aryl methyl sites for hydroxylation is 1. The molecule has 0 spiro atoms. The molecule has 0 amide bonds. The van der Waals surface area contributed by atoms with Gasteiger partial charge in [0.15, 0.2) is 0 Å². The Balaban J connectivity index is 3.11. The molecular formula is C8H10ClNO3S. The first-order chi connectivity index (χ1) is 6.42. The number of anilines is 1. The Bertz CT molecular complexity index is 430. The molecule has 0 saturated heterocycles. The number of halogens is 1. The van der Waals surface area contributed by atoms with Gasteiger partial charge in [-0.15, -0.1) is 0 Å². The second kappa shape index (κ2) is 4.06. The van der Waals surface area contributed by atoms with Gasteiger partial charge in [0.2, 0.25) is 0 Å². The number of benzene rings is 1. The first-order valence-corrected chi connectivity index (χ1v) is 6.10. The first-order valence-electron chi connectivity index (χ1n) is 3.79. The van der Waals surface area contributed by atoms with Crippen LogP contribution in [0.1, 0.15) is 5.56 Å². The van der Waals surface area contributed by atoms with Gasteiger partial charge in [0.05, 0.1) is 12.8 Å². The smallest absolute Gasteiger partial charge is 0.319 e. The number of hydrogen-bond acceptors (Lipinski definition) is 3. The molecule has 0 aromatic heterocycles. The van der Waals surface area contributed by atoms with Crippen LogP contribution in [0, 0.1) is 6.92 Å². The molecule has 0 heterocycles. The Morgan fingerprint density at radius 1 is 1.43 bits per heavy atom. The Kier molecular flexibility index (Phi) is 3.23. The van der Waals surface area contributed by atoms with Crippen LogP contribution in [0.5, 0.6) is 5.75 Å². The predicted octanol–water partition coefficient (Wildman–Crippen LogP) is 1.90. The van der Waals surface area contributed by atoms with Gasteiger partial charge in [-0.1, -0.05) is 6.07 Å². The molecule has 0 saturated carbocycles. The number of rotatable bonds is 3. The van der Waals surface area contributed by atoms with E-state index in [-0.39, 0.29) is 0 Å². The van der Waals surface area contributed by atoms with Gasteiger partial charge >= 0.3 is 9.24 Å². The first kappa shape index (κ1) is 11.1. The average molecular weight is 236 g/mol. The normalized spacial score (nSPS) is 11.1. The summed E-state index contributed by atoms with van der Waals surface area (Å²) in [5.74, 6) is 0.430. The van der Waals surface area contributed by atoms with Crippen LogP contribution in [0.15, 0.2) is 18.2 Å². The van der Waals surface area contributed by atoms with E-state index in [0.29, 0.717) is 11.4 Å². The average Bonchev–Trinajstić information content (AvgIpc) is 2.01. The van der Waals surface area contributed by atoms with Gasteiger partial charge in [-0.2, -0.15) is 8.42 Å². The van der Waals surface area contributed by atoms with Gasteiger partial charge in [0.1, 0.15) is 5.75 Å². The molecule has 6 heteroatoms. The Morgan fingerprint density at radius 3 is 2.57 bits per heavy atom. The maximum Gasteiger partial charge on any atom is 0.319 e. The number of ether oxygens (including phenoxy) is 1. The highest BCUT2D eigenvalue weighted by molar-refractivity contribution is 8.14. The lowest BCUT2D eigenvalue weighted by molar-refractivity contribution is 0.417. The van der Waals surface area contributed by atoms with Crippen molar-refractivity contribution in [3.05, 3.63) is 23.8 Å². The predicted molar refractivity (Wildman–Crippen MR) is 56.1 cm³/mol. The fourth-order valence-corrected chi connectivity index (χ4v) is 1.70. The topological polar surface area (TPSA) is 55.4 Å². The maximum atomic E-state index is 10.8. The molecule has 0 aliphatic rings. The van der Waals surface area contributed by atoms with Crippen LogP contribution >= 0.6 is 10.7 Å². The molecule has 4 nitrogen and oxygen atoms in total. The van der Waals surface area contributed by atoms with Crippen molar-refractivity contribution < 1.29 is 13.2 Å². The van der Waals surface area contributed by atoms with Crippen molar-refractivity contribution >= 4 is 25.6 Å². The summed E-state index contributed by atoms with van der Waals surface area (Å²) < 4.78 is 28.7. The molecule has 0 bridgehead atoms. The number of hydrogen-bond donors (Lipinski definition) is 1. The third kappa shape index (κ3) is 3.08. The zero-order chi connectivity index (χ0) is 10.8. The third-order valence-electron chi connectivity index (χ3n) is 1.59. The minimum atomic E-state index is -3.78. The molecule has 1 rings (SSSR count). The van der Waals surface area contributed by atoms with Gasteiger partial charge in [0, 0.05) is 10.7 Å². The summed E-state index contributed by atoms with van der Waals surface area (Å²) in [5.41, 5.74) is 1.25. The molecule has 0 fully saturated rings. The summed E-state index contributed by atoms with van der Waals surface area (Å²) in [6.45, 7) is 1.84. The van der Waals surface area contributed by atoms with E-state index < -0.39 is 9.24 Å². The molecule has 1 N–H and O–H groups in total. The van der Waals surface area contributed by atoms with E-state index in [9.17, 15) is 8.42 Å². The van der Waals surface area contributed by atoms with Crippen LogP contribution in [0.2, 0.25) is 0 Å². The summed E-state index contributed by atoms with van der Waals surface area (Å²) in [7, 11) is 2.73. The Hall–Kier alpha value is -0.940. The van der Waals surface area contributed by atoms with E-state index in [2.05, 4.69) is 4.72 Å². The zero-order valence-corrected chi connectivity index (χ0v) is 9.32. The highest BCUT2D eigenvalue weighted by atomic mass is 35.7. The van der Waals surface area contributed by atoms with Crippen LogP contribution in [0.25, 0.3) is 0 Å². The van der Waals surface area contributed by atoms with Crippen molar-refractivity contribution in [1.29, 1.82) is 0 Å². The van der Waals surface area contributed by atoms with E-state index in [1.807, 2.05) is 13.0 Å². The second-order valence-corrected chi connectivity index (χ2v) is 5.04. The minimum Gasteiger partial charge on any atom is -0.495 e. The maximum absolute atomic E-state index is 10.8. The van der Waals surface area contributed by atoms with Crippen molar-refractivity contribution in [3.63, 3.8) is 0 Å². The van der Waals surface area contributed by atoms with Crippen molar-refractivity contribution in [1.82, 2.24) is 0 Å². The highest BCUT2D eigenvalue weighted by Crippen LogP contribution is 2.26. The third-order valence-corrected chi connectivity index (χ3v) is 2.28. The van der Waals surface area contributed by atoms with Gasteiger partial charge in [-0.05, 0) is 24.6 Å². The minimum absolute atomic E-state index is 0.336. The summed E-state index contributed by atoms with van der Waals surface area (Å²) in [6, 6.07) is 5.11. The molecule has 0 aliphatic carbocycles. The summed E-state index contributed by atoms with van der Waals surface area (Å²) in [6.07, 6.45) is 0. The lowest BCUT2D eigenvalue weighted by atomic mass is 10.2. The molecule has 0 unspecified atom stereocenters. The van der Waals surface area contributed by atoms with Crippen molar-refractivity contribution in [2.24, 2.45) is 0 Å². The van der Waals surface area contributed by atoms with Gasteiger partial charge < -0.3 is 4.74 Å². The molecule has 0 atom stereocenters. The molecule has 14 heavy (non-hydrogen) atoms. The van der Waals surface area contributed by atoms with Gasteiger partial charge in [-0.25, -0.2) is 0 Å². The molecule has 1 aromatic rings. The molecular weight excluding hydrogens is 226 g/mol. The molecule has 78 valence electrons. The SMILES string of the molecule is COc1ccc(C)cc1NS(=O)(=O)Cl. The van der Waals surface area contributed by atoms with E-state index in [1.165, 1.54) is 7.11 Å². The standard InChI is InChI=1S/C8H10ClNO3S/c1-6-3-4-8(13-2)7(5-6)10-14(9,11)12/h3-5,10H,1-2H3. The van der Waals surface area contributed by atoms with Gasteiger partial charge in [0.25, 0.3) is 0 Å². The largest absolute Gasteiger partial charge is 0.495 e. The fraction of sp³-hybridized carbons (Fsp3) is 0.250. The fourth-order valence-electron chi connectivity index (χ4n) is 1.03. The monoisotopic (exact) mass is 235 g/mol. The van der Waals surface area contributed by atoms with E-state index in [1.54, 1.807) is 12.1 Å². The van der Waals surface area contributed by atoms with E-state index in [4.69, 9.17) is 15.4 Å². The van der Waals surface area contributed by atoms with Crippen LogP contribution in [-0.4, -0.2) is 15.5 Å². The Labute approximate surface area is 87.4 Å². The van der Waals surface area contributed by atoms with Crippen LogP contribution in [-0.2, 0) is 9.24 Å². The van der Waals surface area contributed by atoms with Crippen LogP contribution in [0.3, 0.4) is 0 Å². The van der Waals surface area contributed by atoms with E-state index >= 15 is 0 Å². The molecule has 1 aromatic carbocycles. The summed E-state index contributed by atoms with van der Waals surface area (Å²) in [4.78, 5) is 0. The summed E-state index contributed by atoms with van der Waals surface area (Å²) >= 11 is 0. The van der Waals surface area contributed by atoms with Crippen LogP contribution < -0.4 is 9.46 Å². The quantitative estimate of drug-likeness (QED) is 0.815. The zero-order valence-electron chi connectivity index (χ0n) is 7.74. The lowest BCUT2D eigenvalue weighted by Crippen LogP contribution is -2.05. The second-order valence-electron chi connectivity index (χ2n) is 2.74. The lowest BCUT2D eigenvalue weighted by Gasteiger charge is -2.08. The van der Waals surface area contributed by atoms with Crippen LogP contribution in [0.4, 0.5) is 5.69 Å². The van der Waals surface area contributed by atoms with Gasteiger partial charge in [-0.3, -0.25) is 4.72 Å². The summed E-state index contributed by atoms with van der Waals surface area (Å²) in [5, 5.41) is 0. The molecule has 0 radical (unpaired) electrons. The molecule has 0 aliphatic heterocycles. The number of methoxy groups -OCH3 is 1. The Morgan fingerprint density at radius 2 is 2.07 bits per heavy atom.